The Morgan fingerprint density at radius 3 is 2.78 bits per heavy atom. The average Bonchev–Trinajstić information content (AvgIpc) is 3.09. The van der Waals surface area contributed by atoms with Crippen LogP contribution in [0.3, 0.4) is 0 Å². The van der Waals surface area contributed by atoms with Crippen LogP contribution >= 0.6 is 12.4 Å². The zero-order chi connectivity index (χ0) is 15.6. The molecule has 1 unspecified atom stereocenters. The number of piperidine rings is 1. The summed E-state index contributed by atoms with van der Waals surface area (Å²) in [6, 6.07) is 8.51. The molecule has 1 saturated heterocycles. The topological polar surface area (TPSA) is 89.4 Å². The van der Waals surface area contributed by atoms with Gasteiger partial charge in [0.2, 0.25) is 10.0 Å². The number of aromatic nitrogens is 1. The highest BCUT2D eigenvalue weighted by molar-refractivity contribution is 7.89. The molecule has 0 aliphatic carbocycles. The summed E-state index contributed by atoms with van der Waals surface area (Å²) in [5, 5.41) is 3.66. The summed E-state index contributed by atoms with van der Waals surface area (Å²) in [6.07, 6.45) is 3.32. The zero-order valence-electron chi connectivity index (χ0n) is 12.6. The first-order valence-corrected chi connectivity index (χ1v) is 8.77. The van der Waals surface area contributed by atoms with E-state index in [0.717, 1.165) is 12.8 Å². The number of nitrogens with zero attached hydrogens (tertiary/aromatic N) is 2. The van der Waals surface area contributed by atoms with E-state index in [-0.39, 0.29) is 23.2 Å². The van der Waals surface area contributed by atoms with E-state index in [1.807, 2.05) is 0 Å². The minimum atomic E-state index is -3.57. The van der Waals surface area contributed by atoms with Crippen molar-refractivity contribution in [2.24, 2.45) is 11.7 Å². The second-order valence-electron chi connectivity index (χ2n) is 5.48. The first kappa shape index (κ1) is 17.9. The second-order valence-corrected chi connectivity index (χ2v) is 7.39. The Balaban J connectivity index is 0.00000192. The Morgan fingerprint density at radius 2 is 2.09 bits per heavy atom. The minimum absolute atomic E-state index is 0. The molecule has 3 rings (SSSR count). The molecular weight excluding hydrogens is 338 g/mol. The molecule has 0 amide bonds. The number of rotatable bonds is 4. The van der Waals surface area contributed by atoms with Gasteiger partial charge in [0.1, 0.15) is 0 Å². The van der Waals surface area contributed by atoms with Gasteiger partial charge in [-0.3, -0.25) is 0 Å². The van der Waals surface area contributed by atoms with Crippen LogP contribution in [0.25, 0.3) is 11.3 Å². The Hall–Kier alpha value is -1.41. The van der Waals surface area contributed by atoms with Gasteiger partial charge in [-0.25, -0.2) is 8.42 Å². The minimum Gasteiger partial charge on any atom is -0.356 e. The third-order valence-electron chi connectivity index (χ3n) is 4.02. The molecule has 0 spiro atoms. The first-order chi connectivity index (χ1) is 10.6. The van der Waals surface area contributed by atoms with E-state index in [1.54, 1.807) is 30.3 Å². The van der Waals surface area contributed by atoms with Crippen molar-refractivity contribution in [3.8, 4) is 11.3 Å². The first-order valence-electron chi connectivity index (χ1n) is 7.33. The van der Waals surface area contributed by atoms with E-state index >= 15 is 0 Å². The standard InChI is InChI=1S/C15H19N3O3S.ClH/c16-10-12-4-3-9-18(11-12)22(19,20)15-6-2-1-5-13(15)14-7-8-17-21-14;/h1-2,5-8,12H,3-4,9-11,16H2;1H. The molecule has 1 atom stereocenters. The van der Waals surface area contributed by atoms with Crippen LogP contribution in [0.1, 0.15) is 12.8 Å². The lowest BCUT2D eigenvalue weighted by atomic mass is 10.0. The van der Waals surface area contributed by atoms with Gasteiger partial charge in [-0.05, 0) is 37.4 Å². The molecule has 126 valence electrons. The third-order valence-corrected chi connectivity index (χ3v) is 5.95. The number of halogens is 1. The molecule has 2 N–H and O–H groups in total. The van der Waals surface area contributed by atoms with E-state index in [0.29, 0.717) is 31.0 Å². The summed E-state index contributed by atoms with van der Waals surface area (Å²) < 4.78 is 32.6. The number of sulfonamides is 1. The van der Waals surface area contributed by atoms with E-state index in [1.165, 1.54) is 10.5 Å². The molecule has 0 radical (unpaired) electrons. The van der Waals surface area contributed by atoms with Gasteiger partial charge in [0.15, 0.2) is 5.76 Å². The molecular formula is C15H20ClN3O3S. The van der Waals surface area contributed by atoms with Crippen molar-refractivity contribution in [3.05, 3.63) is 36.5 Å². The molecule has 1 aliphatic rings. The number of nitrogens with two attached hydrogens (primary N) is 1. The summed E-state index contributed by atoms with van der Waals surface area (Å²) in [7, 11) is -3.57. The normalized spacial score (nSPS) is 19.3. The monoisotopic (exact) mass is 357 g/mol. The average molecular weight is 358 g/mol. The quantitative estimate of drug-likeness (QED) is 0.905. The van der Waals surface area contributed by atoms with Gasteiger partial charge in [0.25, 0.3) is 0 Å². The summed E-state index contributed by atoms with van der Waals surface area (Å²) >= 11 is 0. The van der Waals surface area contributed by atoms with Gasteiger partial charge in [-0.1, -0.05) is 17.3 Å². The van der Waals surface area contributed by atoms with Crippen LogP contribution in [0, 0.1) is 5.92 Å². The molecule has 0 bridgehead atoms. The molecule has 1 aromatic heterocycles. The highest BCUT2D eigenvalue weighted by Gasteiger charge is 2.31. The summed E-state index contributed by atoms with van der Waals surface area (Å²) in [6.45, 7) is 1.52. The van der Waals surface area contributed by atoms with Crippen molar-refractivity contribution < 1.29 is 12.9 Å². The number of hydrogen-bond acceptors (Lipinski definition) is 5. The largest absolute Gasteiger partial charge is 0.356 e. The van der Waals surface area contributed by atoms with Crippen molar-refractivity contribution in [1.29, 1.82) is 0 Å². The molecule has 0 saturated carbocycles. The highest BCUT2D eigenvalue weighted by atomic mass is 35.5. The van der Waals surface area contributed by atoms with Crippen molar-refractivity contribution in [1.82, 2.24) is 9.46 Å². The highest BCUT2D eigenvalue weighted by Crippen LogP contribution is 2.31. The predicted molar refractivity (Wildman–Crippen MR) is 89.7 cm³/mol. The number of hydrogen-bond donors (Lipinski definition) is 1. The summed E-state index contributed by atoms with van der Waals surface area (Å²) in [5.74, 6) is 0.674. The van der Waals surface area contributed by atoms with Crippen LogP contribution < -0.4 is 5.73 Å². The molecule has 1 aliphatic heterocycles. The fourth-order valence-corrected chi connectivity index (χ4v) is 4.58. The molecule has 8 heteroatoms. The molecule has 2 heterocycles. The zero-order valence-corrected chi connectivity index (χ0v) is 14.2. The van der Waals surface area contributed by atoms with Crippen LogP contribution in [0.5, 0.6) is 0 Å². The van der Waals surface area contributed by atoms with Crippen LogP contribution in [-0.2, 0) is 10.0 Å². The fraction of sp³-hybridized carbons (Fsp3) is 0.400. The lowest BCUT2D eigenvalue weighted by Crippen LogP contribution is -2.42. The Labute approximate surface area is 142 Å². The SMILES string of the molecule is Cl.NCC1CCCN(S(=O)(=O)c2ccccc2-c2ccno2)C1. The second kappa shape index (κ2) is 7.44. The van der Waals surface area contributed by atoms with Gasteiger partial charge in [-0.15, -0.1) is 12.4 Å². The Kier molecular flexibility index (Phi) is 5.80. The van der Waals surface area contributed by atoms with Gasteiger partial charge in [0, 0.05) is 24.7 Å². The fourth-order valence-electron chi connectivity index (χ4n) is 2.83. The van der Waals surface area contributed by atoms with E-state index < -0.39 is 10.0 Å². The molecule has 23 heavy (non-hydrogen) atoms. The van der Waals surface area contributed by atoms with Gasteiger partial charge >= 0.3 is 0 Å². The summed E-state index contributed by atoms with van der Waals surface area (Å²) in [5.41, 5.74) is 6.25. The van der Waals surface area contributed by atoms with E-state index in [2.05, 4.69) is 5.16 Å². The van der Waals surface area contributed by atoms with Gasteiger partial charge in [0.05, 0.1) is 11.1 Å². The van der Waals surface area contributed by atoms with E-state index in [4.69, 9.17) is 10.3 Å². The van der Waals surface area contributed by atoms with Crippen LogP contribution in [0.4, 0.5) is 0 Å². The van der Waals surface area contributed by atoms with Crippen molar-refractivity contribution >= 4 is 22.4 Å². The maximum absolute atomic E-state index is 13.0. The third kappa shape index (κ3) is 3.58. The van der Waals surface area contributed by atoms with Crippen molar-refractivity contribution in [2.45, 2.75) is 17.7 Å². The molecule has 6 nitrogen and oxygen atoms in total. The summed E-state index contributed by atoms with van der Waals surface area (Å²) in [4.78, 5) is 0.254. The van der Waals surface area contributed by atoms with Crippen LogP contribution in [-0.4, -0.2) is 37.5 Å². The smallest absolute Gasteiger partial charge is 0.243 e. The van der Waals surface area contributed by atoms with Crippen molar-refractivity contribution in [3.63, 3.8) is 0 Å². The maximum Gasteiger partial charge on any atom is 0.243 e. The van der Waals surface area contributed by atoms with Gasteiger partial charge < -0.3 is 10.3 Å². The van der Waals surface area contributed by atoms with Crippen molar-refractivity contribution in [2.75, 3.05) is 19.6 Å². The van der Waals surface area contributed by atoms with E-state index in [9.17, 15) is 8.42 Å². The van der Waals surface area contributed by atoms with Crippen LogP contribution in [0.15, 0.2) is 45.9 Å². The predicted octanol–water partition coefficient (Wildman–Crippen LogP) is 2.12. The molecule has 1 aromatic carbocycles. The maximum atomic E-state index is 13.0. The lowest BCUT2D eigenvalue weighted by molar-refractivity contribution is 0.271. The van der Waals surface area contributed by atoms with Gasteiger partial charge in [-0.2, -0.15) is 4.31 Å². The lowest BCUT2D eigenvalue weighted by Gasteiger charge is -2.31. The Morgan fingerprint density at radius 1 is 1.30 bits per heavy atom. The number of benzene rings is 1. The van der Waals surface area contributed by atoms with Crippen LogP contribution in [0.2, 0.25) is 0 Å². The molecule has 2 aromatic rings. The Bertz CT molecular complexity index is 734. The molecule has 1 fully saturated rings.